The fourth-order valence-corrected chi connectivity index (χ4v) is 2.01. The Bertz CT molecular complexity index is 410. The Labute approximate surface area is 115 Å². The number of rotatable bonds is 5. The number of carbonyl (C=O) groups excluding carboxylic acids is 1. The van der Waals surface area contributed by atoms with E-state index in [9.17, 15) is 9.90 Å². The average molecular weight is 264 g/mol. The van der Waals surface area contributed by atoms with Crippen LogP contribution in [-0.2, 0) is 0 Å². The molecule has 4 nitrogen and oxygen atoms in total. The second-order valence-electron chi connectivity index (χ2n) is 5.39. The van der Waals surface area contributed by atoms with Gasteiger partial charge in [-0.3, -0.25) is 0 Å². The van der Waals surface area contributed by atoms with Gasteiger partial charge in [0.1, 0.15) is 0 Å². The summed E-state index contributed by atoms with van der Waals surface area (Å²) in [7, 11) is 0. The molecule has 0 spiro atoms. The van der Waals surface area contributed by atoms with Crippen LogP contribution < -0.4 is 10.6 Å². The molecule has 106 valence electrons. The summed E-state index contributed by atoms with van der Waals surface area (Å²) in [6, 6.07) is 5.59. The number of urea groups is 1. The molecule has 1 aromatic rings. The van der Waals surface area contributed by atoms with Gasteiger partial charge in [-0.05, 0) is 37.3 Å². The number of carbonyl (C=O) groups is 1. The number of amides is 2. The molecule has 1 rings (SSSR count). The summed E-state index contributed by atoms with van der Waals surface area (Å²) in [5.74, 6) is 0.415. The van der Waals surface area contributed by atoms with Crippen molar-refractivity contribution < 1.29 is 9.90 Å². The predicted octanol–water partition coefficient (Wildman–Crippen LogP) is 2.83. The van der Waals surface area contributed by atoms with Gasteiger partial charge in [0.2, 0.25) is 0 Å². The first kappa shape index (κ1) is 15.5. The highest BCUT2D eigenvalue weighted by molar-refractivity contribution is 5.90. The number of hydrogen-bond acceptors (Lipinski definition) is 2. The minimum atomic E-state index is -0.497. The Hall–Kier alpha value is -1.55. The monoisotopic (exact) mass is 264 g/mol. The van der Waals surface area contributed by atoms with Crippen molar-refractivity contribution in [3.63, 3.8) is 0 Å². The van der Waals surface area contributed by atoms with E-state index in [-0.39, 0.29) is 12.6 Å². The number of benzene rings is 1. The Morgan fingerprint density at radius 2 is 1.84 bits per heavy atom. The Morgan fingerprint density at radius 3 is 2.37 bits per heavy atom. The number of anilines is 1. The molecule has 0 aliphatic rings. The fourth-order valence-electron chi connectivity index (χ4n) is 2.01. The molecule has 0 aliphatic carbocycles. The first-order chi connectivity index (χ1) is 8.90. The molecule has 0 unspecified atom stereocenters. The summed E-state index contributed by atoms with van der Waals surface area (Å²) in [5.41, 5.74) is 2.88. The van der Waals surface area contributed by atoms with Gasteiger partial charge in [-0.1, -0.05) is 32.0 Å². The van der Waals surface area contributed by atoms with Gasteiger partial charge in [0.25, 0.3) is 0 Å². The smallest absolute Gasteiger partial charge is 0.319 e. The fraction of sp³-hybridized carbons (Fsp3) is 0.533. The number of aliphatic hydroxyl groups is 1. The van der Waals surface area contributed by atoms with E-state index in [0.717, 1.165) is 16.8 Å². The second kappa shape index (κ2) is 7.14. The third-order valence-electron chi connectivity index (χ3n) is 2.96. The second-order valence-corrected chi connectivity index (χ2v) is 5.39. The molecule has 0 bridgehead atoms. The first-order valence-electron chi connectivity index (χ1n) is 6.69. The van der Waals surface area contributed by atoms with Crippen LogP contribution in [0.3, 0.4) is 0 Å². The molecule has 0 radical (unpaired) electrons. The van der Waals surface area contributed by atoms with E-state index >= 15 is 0 Å². The average Bonchev–Trinajstić information content (AvgIpc) is 2.30. The number of aliphatic hydroxyl groups excluding tert-OH is 1. The van der Waals surface area contributed by atoms with Crippen molar-refractivity contribution in [2.45, 2.75) is 40.2 Å². The minimum absolute atomic E-state index is 0.273. The van der Waals surface area contributed by atoms with Crippen LogP contribution in [0.2, 0.25) is 0 Å². The van der Waals surface area contributed by atoms with Crippen LogP contribution in [0.1, 0.15) is 31.4 Å². The van der Waals surface area contributed by atoms with Crippen LogP contribution in [0, 0.1) is 19.8 Å². The molecule has 0 heterocycles. The SMILES string of the molecule is Cc1cccc(C)c1NC(=O)NC[C@@H](O)CC(C)C. The molecular formula is C15H24N2O2. The lowest BCUT2D eigenvalue weighted by molar-refractivity contribution is 0.148. The molecule has 4 heteroatoms. The van der Waals surface area contributed by atoms with Gasteiger partial charge in [0, 0.05) is 12.2 Å². The number of aryl methyl sites for hydroxylation is 2. The summed E-state index contributed by atoms with van der Waals surface area (Å²) in [4.78, 5) is 11.8. The van der Waals surface area contributed by atoms with Crippen molar-refractivity contribution in [2.24, 2.45) is 5.92 Å². The van der Waals surface area contributed by atoms with Crippen LogP contribution in [0.25, 0.3) is 0 Å². The summed E-state index contributed by atoms with van der Waals surface area (Å²) in [6.07, 6.45) is 0.188. The van der Waals surface area contributed by atoms with Crippen LogP contribution in [-0.4, -0.2) is 23.8 Å². The molecule has 1 atom stereocenters. The van der Waals surface area contributed by atoms with Crippen LogP contribution in [0.4, 0.5) is 10.5 Å². The van der Waals surface area contributed by atoms with Crippen LogP contribution in [0.15, 0.2) is 18.2 Å². The lowest BCUT2D eigenvalue weighted by atomic mass is 10.1. The highest BCUT2D eigenvalue weighted by Crippen LogP contribution is 2.19. The summed E-state index contributed by atoms with van der Waals surface area (Å²) in [6.45, 7) is 8.27. The summed E-state index contributed by atoms with van der Waals surface area (Å²) >= 11 is 0. The van der Waals surface area contributed by atoms with Crippen LogP contribution in [0.5, 0.6) is 0 Å². The topological polar surface area (TPSA) is 61.4 Å². The highest BCUT2D eigenvalue weighted by atomic mass is 16.3. The Kier molecular flexibility index (Phi) is 5.83. The number of hydrogen-bond donors (Lipinski definition) is 3. The molecule has 1 aromatic carbocycles. The lowest BCUT2D eigenvalue weighted by Crippen LogP contribution is -2.36. The van der Waals surface area contributed by atoms with Gasteiger partial charge in [0.05, 0.1) is 6.10 Å². The maximum atomic E-state index is 11.8. The molecule has 0 aliphatic heterocycles. The van der Waals surface area contributed by atoms with E-state index in [0.29, 0.717) is 12.3 Å². The Morgan fingerprint density at radius 1 is 1.26 bits per heavy atom. The van der Waals surface area contributed by atoms with Gasteiger partial charge in [-0.15, -0.1) is 0 Å². The minimum Gasteiger partial charge on any atom is -0.391 e. The summed E-state index contributed by atoms with van der Waals surface area (Å²) in [5, 5.41) is 15.2. The van der Waals surface area contributed by atoms with Gasteiger partial charge < -0.3 is 15.7 Å². The number of para-hydroxylation sites is 1. The maximum absolute atomic E-state index is 11.8. The van der Waals surface area contributed by atoms with Crippen molar-refractivity contribution in [3.05, 3.63) is 29.3 Å². The van der Waals surface area contributed by atoms with E-state index in [4.69, 9.17) is 0 Å². The van der Waals surface area contributed by atoms with Crippen LogP contribution >= 0.6 is 0 Å². The largest absolute Gasteiger partial charge is 0.391 e. The highest BCUT2D eigenvalue weighted by Gasteiger charge is 2.10. The van der Waals surface area contributed by atoms with Crippen molar-refractivity contribution in [1.29, 1.82) is 0 Å². The third kappa shape index (κ3) is 5.30. The van der Waals surface area contributed by atoms with E-state index in [2.05, 4.69) is 10.6 Å². The van der Waals surface area contributed by atoms with Crippen molar-refractivity contribution in [2.75, 3.05) is 11.9 Å². The van der Waals surface area contributed by atoms with Crippen molar-refractivity contribution >= 4 is 11.7 Å². The molecule has 0 aromatic heterocycles. The first-order valence-corrected chi connectivity index (χ1v) is 6.69. The molecular weight excluding hydrogens is 240 g/mol. The van der Waals surface area contributed by atoms with Gasteiger partial charge in [0.15, 0.2) is 0 Å². The van der Waals surface area contributed by atoms with Gasteiger partial charge in [-0.25, -0.2) is 4.79 Å². The molecule has 0 saturated carbocycles. The van der Waals surface area contributed by atoms with Crippen molar-refractivity contribution in [1.82, 2.24) is 5.32 Å². The van der Waals surface area contributed by atoms with E-state index in [1.54, 1.807) is 0 Å². The zero-order valence-corrected chi connectivity index (χ0v) is 12.2. The zero-order chi connectivity index (χ0) is 14.4. The molecule has 19 heavy (non-hydrogen) atoms. The van der Waals surface area contributed by atoms with E-state index in [1.807, 2.05) is 45.9 Å². The standard InChI is InChI=1S/C15H24N2O2/c1-10(2)8-13(18)9-16-15(19)17-14-11(3)6-5-7-12(14)4/h5-7,10,13,18H,8-9H2,1-4H3,(H2,16,17,19)/t13-/m0/s1. The molecule has 0 fully saturated rings. The predicted molar refractivity (Wildman–Crippen MR) is 78.4 cm³/mol. The van der Waals surface area contributed by atoms with Crippen molar-refractivity contribution in [3.8, 4) is 0 Å². The lowest BCUT2D eigenvalue weighted by Gasteiger charge is -2.16. The Balaban J connectivity index is 2.48. The van der Waals surface area contributed by atoms with E-state index in [1.165, 1.54) is 0 Å². The normalized spacial score (nSPS) is 12.3. The van der Waals surface area contributed by atoms with E-state index < -0.39 is 6.10 Å². The number of nitrogens with one attached hydrogen (secondary N) is 2. The third-order valence-corrected chi connectivity index (χ3v) is 2.96. The molecule has 0 saturated heterocycles. The molecule has 2 amide bonds. The van der Waals surface area contributed by atoms with Gasteiger partial charge in [-0.2, -0.15) is 0 Å². The quantitative estimate of drug-likeness (QED) is 0.766. The maximum Gasteiger partial charge on any atom is 0.319 e. The molecule has 3 N–H and O–H groups in total. The summed E-state index contributed by atoms with van der Waals surface area (Å²) < 4.78 is 0. The van der Waals surface area contributed by atoms with Gasteiger partial charge >= 0.3 is 6.03 Å². The zero-order valence-electron chi connectivity index (χ0n) is 12.2.